The molecule has 2 heteroatoms. The number of rotatable bonds is 5. The first-order valence-electron chi connectivity index (χ1n) is 7.16. The zero-order valence-electron chi connectivity index (χ0n) is 12.5. The van der Waals surface area contributed by atoms with Gasteiger partial charge in [-0.2, -0.15) is 0 Å². The number of methoxy groups -OCH3 is 1. The predicted molar refractivity (Wildman–Crippen MR) is 85.8 cm³/mol. The number of hydrogen-bond donors (Lipinski definition) is 0. The molecule has 0 amide bonds. The first-order valence-corrected chi connectivity index (χ1v) is 7.16. The summed E-state index contributed by atoms with van der Waals surface area (Å²) in [5.41, 5.74) is 3.27. The molecule has 0 heterocycles. The Bertz CT molecular complexity index is 558. The average molecular weight is 280 g/mol. The number of ether oxygens (including phenoxy) is 1. The molecule has 0 aliphatic carbocycles. The Morgan fingerprint density at radius 1 is 1.00 bits per heavy atom. The van der Waals surface area contributed by atoms with E-state index < -0.39 is 0 Å². The molecule has 0 bridgehead atoms. The van der Waals surface area contributed by atoms with E-state index in [1.54, 1.807) is 0 Å². The van der Waals surface area contributed by atoms with Gasteiger partial charge in [0.15, 0.2) is 0 Å². The van der Waals surface area contributed by atoms with Crippen molar-refractivity contribution in [3.63, 3.8) is 0 Å². The van der Waals surface area contributed by atoms with Crippen LogP contribution in [0.5, 0.6) is 0 Å². The average Bonchev–Trinajstić information content (AvgIpc) is 2.57. The molecule has 0 aliphatic rings. The van der Waals surface area contributed by atoms with Crippen LogP contribution < -0.4 is 0 Å². The fourth-order valence-corrected chi connectivity index (χ4v) is 2.30. The van der Waals surface area contributed by atoms with Crippen molar-refractivity contribution in [2.24, 2.45) is 5.92 Å². The van der Waals surface area contributed by atoms with Crippen molar-refractivity contribution in [2.75, 3.05) is 7.11 Å². The van der Waals surface area contributed by atoms with Gasteiger partial charge in [0.05, 0.1) is 13.0 Å². The molecule has 2 aromatic carbocycles. The van der Waals surface area contributed by atoms with Crippen molar-refractivity contribution in [3.8, 4) is 0 Å². The van der Waals surface area contributed by atoms with E-state index in [1.165, 1.54) is 7.11 Å². The van der Waals surface area contributed by atoms with Crippen LogP contribution in [0.4, 0.5) is 0 Å². The van der Waals surface area contributed by atoms with Crippen molar-refractivity contribution >= 4 is 11.5 Å². The molecule has 1 atom stereocenters. The minimum Gasteiger partial charge on any atom is -0.469 e. The summed E-state index contributed by atoms with van der Waals surface area (Å²) in [5, 5.41) is 0. The van der Waals surface area contributed by atoms with E-state index in [0.717, 1.165) is 23.1 Å². The van der Waals surface area contributed by atoms with E-state index in [2.05, 4.69) is 24.3 Å². The monoisotopic (exact) mass is 280 g/mol. The van der Waals surface area contributed by atoms with E-state index in [9.17, 15) is 4.79 Å². The molecule has 2 nitrogen and oxygen atoms in total. The summed E-state index contributed by atoms with van der Waals surface area (Å²) in [6.45, 7) is 1.99. The summed E-state index contributed by atoms with van der Waals surface area (Å²) in [5.74, 6) is -0.424. The molecule has 21 heavy (non-hydrogen) atoms. The van der Waals surface area contributed by atoms with Gasteiger partial charge in [0.25, 0.3) is 0 Å². The second-order valence-electron chi connectivity index (χ2n) is 4.85. The van der Waals surface area contributed by atoms with Gasteiger partial charge in [0.1, 0.15) is 0 Å². The second kappa shape index (κ2) is 7.44. The lowest BCUT2D eigenvalue weighted by molar-refractivity contribution is -0.143. The van der Waals surface area contributed by atoms with Crippen LogP contribution in [-0.2, 0) is 9.53 Å². The minimum absolute atomic E-state index is 0.193. The van der Waals surface area contributed by atoms with Crippen LogP contribution in [0.25, 0.3) is 5.57 Å². The van der Waals surface area contributed by atoms with Crippen molar-refractivity contribution in [3.05, 3.63) is 77.9 Å². The molecule has 2 rings (SSSR count). The van der Waals surface area contributed by atoms with Gasteiger partial charge in [-0.25, -0.2) is 0 Å². The fourth-order valence-electron chi connectivity index (χ4n) is 2.30. The van der Waals surface area contributed by atoms with E-state index in [1.807, 2.05) is 49.4 Å². The number of carbonyl (C=O) groups excluding carboxylic acids is 1. The van der Waals surface area contributed by atoms with Crippen molar-refractivity contribution < 1.29 is 9.53 Å². The number of benzene rings is 2. The highest BCUT2D eigenvalue weighted by Gasteiger charge is 2.16. The third-order valence-electron chi connectivity index (χ3n) is 3.48. The molecule has 108 valence electrons. The summed E-state index contributed by atoms with van der Waals surface area (Å²) in [7, 11) is 1.43. The number of carbonyl (C=O) groups is 1. The third-order valence-corrected chi connectivity index (χ3v) is 3.48. The van der Waals surface area contributed by atoms with Crippen LogP contribution in [0.1, 0.15) is 24.5 Å². The quantitative estimate of drug-likeness (QED) is 0.762. The number of hydrogen-bond acceptors (Lipinski definition) is 2. The summed E-state index contributed by atoms with van der Waals surface area (Å²) in [6, 6.07) is 20.2. The molecule has 2 aromatic rings. The zero-order valence-corrected chi connectivity index (χ0v) is 12.5. The van der Waals surface area contributed by atoms with Crippen LogP contribution in [0.2, 0.25) is 0 Å². The lowest BCUT2D eigenvalue weighted by atomic mass is 9.93. The van der Waals surface area contributed by atoms with Gasteiger partial charge in [-0.05, 0) is 23.1 Å². The van der Waals surface area contributed by atoms with E-state index in [0.29, 0.717) is 0 Å². The predicted octanol–water partition coefficient (Wildman–Crippen LogP) is 4.32. The zero-order chi connectivity index (χ0) is 15.1. The topological polar surface area (TPSA) is 26.3 Å². The van der Waals surface area contributed by atoms with Crippen LogP contribution >= 0.6 is 0 Å². The summed E-state index contributed by atoms with van der Waals surface area (Å²) < 4.78 is 4.89. The van der Waals surface area contributed by atoms with Crippen LogP contribution in [-0.4, -0.2) is 13.1 Å². The van der Waals surface area contributed by atoms with Gasteiger partial charge in [0, 0.05) is 0 Å². The molecule has 0 spiro atoms. The molecule has 0 saturated heterocycles. The van der Waals surface area contributed by atoms with Gasteiger partial charge >= 0.3 is 5.97 Å². The summed E-state index contributed by atoms with van der Waals surface area (Å²) in [6.07, 6.45) is 2.73. The summed E-state index contributed by atoms with van der Waals surface area (Å²) >= 11 is 0. The lowest BCUT2D eigenvalue weighted by Gasteiger charge is -2.13. The standard InChI is InChI=1S/C19H20O2/c1-3-15(19(20)21-2)14-18(16-10-6-4-7-11-16)17-12-8-5-9-13-17/h4-15H,3H2,1-2H3. The Hall–Kier alpha value is -2.35. The molecule has 0 aromatic heterocycles. The third kappa shape index (κ3) is 3.82. The van der Waals surface area contributed by atoms with Crippen LogP contribution in [0.15, 0.2) is 66.7 Å². The maximum Gasteiger partial charge on any atom is 0.312 e. The molecule has 0 aliphatic heterocycles. The normalized spacial score (nSPS) is 11.5. The van der Waals surface area contributed by atoms with Crippen molar-refractivity contribution in [1.29, 1.82) is 0 Å². The number of esters is 1. The van der Waals surface area contributed by atoms with E-state index in [4.69, 9.17) is 4.74 Å². The lowest BCUT2D eigenvalue weighted by Crippen LogP contribution is -2.13. The summed E-state index contributed by atoms with van der Waals surface area (Å²) in [4.78, 5) is 11.9. The van der Waals surface area contributed by atoms with Gasteiger partial charge in [-0.1, -0.05) is 73.7 Å². The van der Waals surface area contributed by atoms with Gasteiger partial charge in [-0.15, -0.1) is 0 Å². The Morgan fingerprint density at radius 3 is 1.86 bits per heavy atom. The van der Waals surface area contributed by atoms with Gasteiger partial charge in [0.2, 0.25) is 0 Å². The molecule has 1 unspecified atom stereocenters. The van der Waals surface area contributed by atoms with Gasteiger partial charge in [-0.3, -0.25) is 4.79 Å². The van der Waals surface area contributed by atoms with E-state index >= 15 is 0 Å². The van der Waals surface area contributed by atoms with Crippen LogP contribution in [0, 0.1) is 5.92 Å². The molecule has 0 radical (unpaired) electrons. The highest BCUT2D eigenvalue weighted by molar-refractivity contribution is 5.84. The smallest absolute Gasteiger partial charge is 0.312 e. The molecule has 0 N–H and O–H groups in total. The van der Waals surface area contributed by atoms with E-state index in [-0.39, 0.29) is 11.9 Å². The second-order valence-corrected chi connectivity index (χ2v) is 4.85. The van der Waals surface area contributed by atoms with Gasteiger partial charge < -0.3 is 4.74 Å². The Labute approximate surface area is 126 Å². The Balaban J connectivity index is 2.48. The highest BCUT2D eigenvalue weighted by Crippen LogP contribution is 2.26. The Kier molecular flexibility index (Phi) is 5.33. The highest BCUT2D eigenvalue weighted by atomic mass is 16.5. The Morgan fingerprint density at radius 2 is 1.48 bits per heavy atom. The molecular formula is C19H20O2. The van der Waals surface area contributed by atoms with Crippen molar-refractivity contribution in [1.82, 2.24) is 0 Å². The minimum atomic E-state index is -0.231. The van der Waals surface area contributed by atoms with Crippen molar-refractivity contribution in [2.45, 2.75) is 13.3 Å². The molecule has 0 fully saturated rings. The fraction of sp³-hybridized carbons (Fsp3) is 0.211. The van der Waals surface area contributed by atoms with Crippen LogP contribution in [0.3, 0.4) is 0 Å². The maximum absolute atomic E-state index is 11.9. The molecule has 0 saturated carbocycles. The maximum atomic E-state index is 11.9. The molecular weight excluding hydrogens is 260 g/mol. The SMILES string of the molecule is CCC(C=C(c1ccccc1)c1ccccc1)C(=O)OC. The first kappa shape index (κ1) is 15.0. The largest absolute Gasteiger partial charge is 0.469 e. The first-order chi connectivity index (χ1) is 10.3.